The molecule has 4 rings (SSSR count). The molecule has 28 heavy (non-hydrogen) atoms. The first-order chi connectivity index (χ1) is 13.6. The third-order valence-corrected chi connectivity index (χ3v) is 7.51. The molecule has 1 atom stereocenters. The Labute approximate surface area is 167 Å². The van der Waals surface area contributed by atoms with Crippen molar-refractivity contribution in [3.8, 4) is 0 Å². The molecule has 0 amide bonds. The second-order valence-corrected chi connectivity index (χ2v) is 9.46. The highest BCUT2D eigenvalue weighted by molar-refractivity contribution is 7.89. The maximum absolute atomic E-state index is 13.1. The van der Waals surface area contributed by atoms with E-state index in [1.54, 1.807) is 16.4 Å². The van der Waals surface area contributed by atoms with Crippen LogP contribution in [0.2, 0.25) is 0 Å². The largest absolute Gasteiger partial charge is 0.243 e. The number of sulfonamides is 1. The summed E-state index contributed by atoms with van der Waals surface area (Å²) in [4.78, 5) is 0.384. The van der Waals surface area contributed by atoms with Gasteiger partial charge in [-0.05, 0) is 42.5 Å². The highest BCUT2D eigenvalue weighted by Crippen LogP contribution is 2.38. The first-order valence-corrected chi connectivity index (χ1v) is 11.2. The van der Waals surface area contributed by atoms with E-state index in [1.807, 2.05) is 31.2 Å². The van der Waals surface area contributed by atoms with E-state index in [1.165, 1.54) is 11.1 Å². The summed E-state index contributed by atoms with van der Waals surface area (Å²) in [6.45, 7) is 3.08. The van der Waals surface area contributed by atoms with Crippen molar-refractivity contribution in [3.05, 3.63) is 102 Å². The highest BCUT2D eigenvalue weighted by atomic mass is 32.2. The van der Waals surface area contributed by atoms with E-state index in [0.717, 1.165) is 12.0 Å². The molecule has 0 N–H and O–H groups in total. The molecule has 3 aromatic rings. The van der Waals surface area contributed by atoms with Crippen LogP contribution in [0.1, 0.15) is 29.0 Å². The number of rotatable bonds is 5. The Kier molecular flexibility index (Phi) is 5.33. The minimum Gasteiger partial charge on any atom is -0.207 e. The molecule has 1 aliphatic heterocycles. The number of hydrogen-bond donors (Lipinski definition) is 0. The third kappa shape index (κ3) is 3.75. The van der Waals surface area contributed by atoms with Gasteiger partial charge in [-0.3, -0.25) is 0 Å². The molecule has 0 saturated carbocycles. The van der Waals surface area contributed by atoms with Crippen molar-refractivity contribution >= 4 is 10.0 Å². The molecule has 0 bridgehead atoms. The summed E-state index contributed by atoms with van der Waals surface area (Å²) in [6, 6.07) is 28.0. The fourth-order valence-electron chi connectivity index (χ4n) is 4.16. The van der Waals surface area contributed by atoms with Crippen LogP contribution in [0.15, 0.2) is 89.8 Å². The maximum atomic E-state index is 13.1. The van der Waals surface area contributed by atoms with Gasteiger partial charge in [-0.15, -0.1) is 0 Å². The van der Waals surface area contributed by atoms with Crippen LogP contribution in [-0.4, -0.2) is 25.8 Å². The second kappa shape index (κ2) is 7.90. The van der Waals surface area contributed by atoms with E-state index in [2.05, 4.69) is 48.5 Å². The lowest BCUT2D eigenvalue weighted by molar-refractivity contribution is 0.439. The Morgan fingerprint density at radius 3 is 1.89 bits per heavy atom. The van der Waals surface area contributed by atoms with Gasteiger partial charge >= 0.3 is 0 Å². The van der Waals surface area contributed by atoms with Crippen LogP contribution in [0, 0.1) is 12.8 Å². The molecule has 144 valence electrons. The molecular weight excluding hydrogens is 366 g/mol. The fourth-order valence-corrected chi connectivity index (χ4v) is 5.67. The zero-order valence-electron chi connectivity index (χ0n) is 16.0. The molecule has 0 radical (unpaired) electrons. The fraction of sp³-hybridized carbons (Fsp3) is 0.250. The van der Waals surface area contributed by atoms with Gasteiger partial charge in [0.15, 0.2) is 0 Å². The Morgan fingerprint density at radius 1 is 0.821 bits per heavy atom. The topological polar surface area (TPSA) is 37.4 Å². The lowest BCUT2D eigenvalue weighted by Crippen LogP contribution is -2.30. The van der Waals surface area contributed by atoms with Crippen molar-refractivity contribution in [2.75, 3.05) is 13.1 Å². The first kappa shape index (κ1) is 18.9. The number of nitrogens with zero attached hydrogens (tertiary/aromatic N) is 1. The molecule has 0 aliphatic carbocycles. The van der Waals surface area contributed by atoms with Gasteiger partial charge in [0.2, 0.25) is 10.0 Å². The van der Waals surface area contributed by atoms with Crippen molar-refractivity contribution in [1.29, 1.82) is 0 Å². The predicted octanol–water partition coefficient (Wildman–Crippen LogP) is 4.84. The number of benzene rings is 3. The van der Waals surface area contributed by atoms with Crippen LogP contribution in [0.25, 0.3) is 0 Å². The van der Waals surface area contributed by atoms with Crippen molar-refractivity contribution in [2.45, 2.75) is 24.2 Å². The second-order valence-electron chi connectivity index (χ2n) is 7.52. The van der Waals surface area contributed by atoms with Gasteiger partial charge in [0.1, 0.15) is 0 Å². The Bertz CT molecular complexity index is 976. The average molecular weight is 392 g/mol. The van der Waals surface area contributed by atoms with E-state index in [0.29, 0.717) is 18.0 Å². The summed E-state index contributed by atoms with van der Waals surface area (Å²) < 4.78 is 27.9. The molecule has 1 saturated heterocycles. The van der Waals surface area contributed by atoms with Crippen LogP contribution >= 0.6 is 0 Å². The summed E-state index contributed by atoms with van der Waals surface area (Å²) in [5.74, 6) is 0.450. The van der Waals surface area contributed by atoms with Crippen LogP contribution in [0.4, 0.5) is 0 Å². The Balaban J connectivity index is 1.63. The average Bonchev–Trinajstić information content (AvgIpc) is 3.21. The molecule has 0 aromatic heterocycles. The van der Waals surface area contributed by atoms with E-state index in [4.69, 9.17) is 0 Å². The summed E-state index contributed by atoms with van der Waals surface area (Å²) in [5, 5.41) is 0. The molecule has 3 aromatic carbocycles. The van der Waals surface area contributed by atoms with Gasteiger partial charge in [-0.2, -0.15) is 4.31 Å². The Morgan fingerprint density at radius 2 is 1.36 bits per heavy atom. The molecule has 1 heterocycles. The van der Waals surface area contributed by atoms with Crippen molar-refractivity contribution < 1.29 is 8.42 Å². The van der Waals surface area contributed by atoms with Crippen molar-refractivity contribution in [1.82, 2.24) is 4.31 Å². The number of aryl methyl sites for hydroxylation is 1. The summed E-state index contributed by atoms with van der Waals surface area (Å²) in [5.41, 5.74) is 3.55. The molecule has 1 aliphatic rings. The van der Waals surface area contributed by atoms with Crippen LogP contribution < -0.4 is 0 Å². The lowest BCUT2D eigenvalue weighted by atomic mass is 9.80. The van der Waals surface area contributed by atoms with Crippen LogP contribution in [0.3, 0.4) is 0 Å². The minimum absolute atomic E-state index is 0.195. The summed E-state index contributed by atoms with van der Waals surface area (Å²) in [7, 11) is -3.45. The summed E-state index contributed by atoms with van der Waals surface area (Å²) in [6.07, 6.45) is 0.861. The van der Waals surface area contributed by atoms with Crippen molar-refractivity contribution in [3.63, 3.8) is 0 Å². The monoisotopic (exact) mass is 391 g/mol. The van der Waals surface area contributed by atoms with E-state index < -0.39 is 10.0 Å². The standard InChI is InChI=1S/C24H25NO2S/c1-19-12-14-23(15-13-19)28(26,27)25-17-16-22(18-25)24(20-8-4-2-5-9-20)21-10-6-3-7-11-21/h2-15,22,24H,16-18H2,1H3/t22-/m1/s1. The maximum Gasteiger partial charge on any atom is 0.243 e. The van der Waals surface area contributed by atoms with Gasteiger partial charge < -0.3 is 0 Å². The molecule has 4 heteroatoms. The third-order valence-electron chi connectivity index (χ3n) is 5.63. The zero-order valence-corrected chi connectivity index (χ0v) is 16.8. The number of hydrogen-bond acceptors (Lipinski definition) is 2. The van der Waals surface area contributed by atoms with Gasteiger partial charge in [0, 0.05) is 19.0 Å². The molecule has 1 fully saturated rings. The normalized spacial score (nSPS) is 17.9. The zero-order chi connectivity index (χ0) is 19.6. The van der Waals surface area contributed by atoms with E-state index >= 15 is 0 Å². The van der Waals surface area contributed by atoms with Crippen molar-refractivity contribution in [2.24, 2.45) is 5.92 Å². The Hall–Kier alpha value is -2.43. The van der Waals surface area contributed by atoms with Gasteiger partial charge in [0.05, 0.1) is 4.90 Å². The minimum atomic E-state index is -3.45. The predicted molar refractivity (Wildman–Crippen MR) is 113 cm³/mol. The van der Waals surface area contributed by atoms with E-state index in [9.17, 15) is 8.42 Å². The molecular formula is C24H25NO2S. The quantitative estimate of drug-likeness (QED) is 0.624. The van der Waals surface area contributed by atoms with Gasteiger partial charge in [-0.1, -0.05) is 78.4 Å². The first-order valence-electron chi connectivity index (χ1n) is 9.72. The van der Waals surface area contributed by atoms with E-state index in [-0.39, 0.29) is 11.8 Å². The van der Waals surface area contributed by atoms with Gasteiger partial charge in [-0.25, -0.2) is 8.42 Å². The van der Waals surface area contributed by atoms with Crippen LogP contribution in [0.5, 0.6) is 0 Å². The summed E-state index contributed by atoms with van der Waals surface area (Å²) >= 11 is 0. The lowest BCUT2D eigenvalue weighted by Gasteiger charge is -2.25. The molecule has 3 nitrogen and oxygen atoms in total. The SMILES string of the molecule is Cc1ccc(S(=O)(=O)N2CC[C@@H](C(c3ccccc3)c3ccccc3)C2)cc1. The van der Waals surface area contributed by atoms with Crippen LogP contribution in [-0.2, 0) is 10.0 Å². The highest BCUT2D eigenvalue weighted by Gasteiger charge is 2.37. The van der Waals surface area contributed by atoms with Gasteiger partial charge in [0.25, 0.3) is 0 Å². The molecule has 0 unspecified atom stereocenters. The smallest absolute Gasteiger partial charge is 0.207 e. The molecule has 0 spiro atoms.